The van der Waals surface area contributed by atoms with Crippen molar-refractivity contribution in [3.8, 4) is 0 Å². The summed E-state index contributed by atoms with van der Waals surface area (Å²) >= 11 is 0. The molecule has 1 saturated heterocycles. The summed E-state index contributed by atoms with van der Waals surface area (Å²) in [7, 11) is 0. The SMILES string of the molecule is Cc1cncc(C(=O)NCC2CCN(CC(=O)c3ccc(F)cc3)CC2)c1.O=C(O)C(F)(F)F. The molecule has 2 N–H and O–H groups in total. The van der Waals surface area contributed by atoms with Crippen LogP contribution in [0.1, 0.15) is 39.1 Å². The summed E-state index contributed by atoms with van der Waals surface area (Å²) in [5.74, 6) is -2.78. The zero-order chi connectivity index (χ0) is 25.3. The molecular weight excluding hydrogens is 458 g/mol. The van der Waals surface area contributed by atoms with E-state index in [9.17, 15) is 27.2 Å². The number of benzene rings is 1. The number of amides is 1. The first-order chi connectivity index (χ1) is 16.0. The quantitative estimate of drug-likeness (QED) is 0.482. The van der Waals surface area contributed by atoms with Gasteiger partial charge in [-0.15, -0.1) is 0 Å². The van der Waals surface area contributed by atoms with Crippen molar-refractivity contribution in [3.05, 3.63) is 65.2 Å². The summed E-state index contributed by atoms with van der Waals surface area (Å²) in [5, 5.41) is 10.1. The van der Waals surface area contributed by atoms with Crippen molar-refractivity contribution in [2.24, 2.45) is 5.92 Å². The van der Waals surface area contributed by atoms with Gasteiger partial charge in [-0.2, -0.15) is 13.2 Å². The van der Waals surface area contributed by atoms with Gasteiger partial charge in [-0.25, -0.2) is 9.18 Å². The molecule has 0 unspecified atom stereocenters. The highest BCUT2D eigenvalue weighted by Crippen LogP contribution is 2.17. The molecule has 0 bridgehead atoms. The molecule has 1 aromatic heterocycles. The van der Waals surface area contributed by atoms with E-state index in [2.05, 4.69) is 15.2 Å². The molecular formula is C23H25F4N3O4. The Balaban J connectivity index is 0.000000509. The summed E-state index contributed by atoms with van der Waals surface area (Å²) in [6.07, 6.45) is 0.0812. The molecule has 0 aliphatic carbocycles. The molecule has 1 amide bonds. The number of piperidine rings is 1. The third-order valence-electron chi connectivity index (χ3n) is 5.17. The largest absolute Gasteiger partial charge is 0.490 e. The molecule has 184 valence electrons. The molecule has 3 rings (SSSR count). The van der Waals surface area contributed by atoms with Crippen molar-refractivity contribution < 1.29 is 37.1 Å². The van der Waals surface area contributed by atoms with E-state index in [1.807, 2.05) is 13.0 Å². The summed E-state index contributed by atoms with van der Waals surface area (Å²) in [6, 6.07) is 7.50. The first-order valence-electron chi connectivity index (χ1n) is 10.5. The number of likely N-dealkylation sites (tertiary alicyclic amines) is 1. The van der Waals surface area contributed by atoms with Gasteiger partial charge in [-0.3, -0.25) is 19.5 Å². The monoisotopic (exact) mass is 483 g/mol. The maximum absolute atomic E-state index is 13.0. The van der Waals surface area contributed by atoms with Crippen molar-refractivity contribution >= 4 is 17.7 Å². The summed E-state index contributed by atoms with van der Waals surface area (Å²) in [5.41, 5.74) is 2.08. The van der Waals surface area contributed by atoms with Gasteiger partial charge in [0.1, 0.15) is 5.82 Å². The molecule has 0 atom stereocenters. The number of halogens is 4. The molecule has 2 heterocycles. The number of carbonyl (C=O) groups is 3. The van der Waals surface area contributed by atoms with Crippen molar-refractivity contribution in [2.75, 3.05) is 26.2 Å². The van der Waals surface area contributed by atoms with Crippen molar-refractivity contribution in [3.63, 3.8) is 0 Å². The number of carbonyl (C=O) groups excluding carboxylic acids is 2. The van der Waals surface area contributed by atoms with Crippen LogP contribution in [0.4, 0.5) is 17.6 Å². The van der Waals surface area contributed by atoms with E-state index in [1.54, 1.807) is 12.4 Å². The van der Waals surface area contributed by atoms with Crippen LogP contribution in [0.2, 0.25) is 0 Å². The number of nitrogens with zero attached hydrogens (tertiary/aromatic N) is 2. The number of pyridine rings is 1. The van der Waals surface area contributed by atoms with Crippen LogP contribution in [0.3, 0.4) is 0 Å². The zero-order valence-electron chi connectivity index (χ0n) is 18.4. The number of Topliss-reactive ketones (excluding diaryl/α,β-unsaturated/α-hetero) is 1. The second-order valence-electron chi connectivity index (χ2n) is 7.91. The van der Waals surface area contributed by atoms with E-state index >= 15 is 0 Å². The lowest BCUT2D eigenvalue weighted by Crippen LogP contribution is -2.40. The summed E-state index contributed by atoms with van der Waals surface area (Å²) in [4.78, 5) is 39.5. The lowest BCUT2D eigenvalue weighted by Gasteiger charge is -2.31. The number of hydrogen-bond donors (Lipinski definition) is 2. The third-order valence-corrected chi connectivity index (χ3v) is 5.17. The number of hydrogen-bond acceptors (Lipinski definition) is 5. The molecule has 1 aliphatic heterocycles. The predicted octanol–water partition coefficient (Wildman–Crippen LogP) is 3.49. The Kier molecular flexibility index (Phi) is 9.67. The van der Waals surface area contributed by atoms with Gasteiger partial charge in [0.15, 0.2) is 5.78 Å². The second kappa shape index (κ2) is 12.2. The number of ketones is 1. The number of carboxylic acid groups (broad SMARTS) is 1. The number of rotatable bonds is 6. The molecule has 1 fully saturated rings. The van der Waals surface area contributed by atoms with Crippen LogP contribution in [0.15, 0.2) is 42.7 Å². The maximum atomic E-state index is 13.0. The number of alkyl halides is 3. The van der Waals surface area contributed by atoms with Crippen LogP contribution in [-0.4, -0.2) is 65.0 Å². The number of aryl methyl sites for hydroxylation is 1. The average molecular weight is 483 g/mol. The van der Waals surface area contributed by atoms with Crippen molar-refractivity contribution in [2.45, 2.75) is 25.9 Å². The Morgan fingerprint density at radius 3 is 2.21 bits per heavy atom. The van der Waals surface area contributed by atoms with E-state index < -0.39 is 12.1 Å². The van der Waals surface area contributed by atoms with E-state index in [0.717, 1.165) is 31.5 Å². The number of nitrogens with one attached hydrogen (secondary N) is 1. The fourth-order valence-electron chi connectivity index (χ4n) is 3.30. The minimum atomic E-state index is -5.08. The molecule has 0 spiro atoms. The minimum absolute atomic E-state index is 0.00806. The molecule has 1 aliphatic rings. The number of carboxylic acids is 1. The average Bonchev–Trinajstić information content (AvgIpc) is 2.78. The fraction of sp³-hybridized carbons (Fsp3) is 0.391. The predicted molar refractivity (Wildman–Crippen MR) is 115 cm³/mol. The van der Waals surface area contributed by atoms with Crippen LogP contribution in [0.25, 0.3) is 0 Å². The highest BCUT2D eigenvalue weighted by Gasteiger charge is 2.38. The Bertz CT molecular complexity index is 988. The van der Waals surface area contributed by atoms with Crippen LogP contribution < -0.4 is 5.32 Å². The standard InChI is InChI=1S/C21H24FN3O2.C2HF3O2/c1-15-10-18(13-23-11-15)21(27)24-12-16-6-8-25(9-7-16)14-20(26)17-2-4-19(22)5-3-17;3-2(4,5)1(6)7/h2-5,10-11,13,16H,6-9,12,14H2,1H3,(H,24,27);(H,6,7). The van der Waals surface area contributed by atoms with E-state index in [1.165, 1.54) is 24.3 Å². The van der Waals surface area contributed by atoms with Gasteiger partial charge in [0.2, 0.25) is 0 Å². The van der Waals surface area contributed by atoms with Gasteiger partial charge in [0, 0.05) is 24.5 Å². The topological polar surface area (TPSA) is 99.6 Å². The molecule has 0 radical (unpaired) electrons. The lowest BCUT2D eigenvalue weighted by molar-refractivity contribution is -0.192. The first kappa shape index (κ1) is 26.9. The summed E-state index contributed by atoms with van der Waals surface area (Å²) in [6.45, 7) is 4.53. The lowest BCUT2D eigenvalue weighted by atomic mass is 9.96. The van der Waals surface area contributed by atoms with Gasteiger partial charge in [-0.1, -0.05) is 0 Å². The highest BCUT2D eigenvalue weighted by molar-refractivity contribution is 5.97. The second-order valence-corrected chi connectivity index (χ2v) is 7.91. The Morgan fingerprint density at radius 2 is 1.68 bits per heavy atom. The Labute approximate surface area is 193 Å². The molecule has 1 aromatic carbocycles. The van der Waals surface area contributed by atoms with Crippen molar-refractivity contribution in [1.82, 2.24) is 15.2 Å². The normalized spacial score (nSPS) is 14.6. The van der Waals surface area contributed by atoms with Gasteiger partial charge in [0.05, 0.1) is 12.1 Å². The summed E-state index contributed by atoms with van der Waals surface area (Å²) < 4.78 is 44.7. The van der Waals surface area contributed by atoms with Crippen LogP contribution in [0, 0.1) is 18.7 Å². The van der Waals surface area contributed by atoms with E-state index in [4.69, 9.17) is 9.90 Å². The molecule has 34 heavy (non-hydrogen) atoms. The van der Waals surface area contributed by atoms with Gasteiger partial charge < -0.3 is 10.4 Å². The molecule has 0 saturated carbocycles. The number of aromatic nitrogens is 1. The molecule has 7 nitrogen and oxygen atoms in total. The van der Waals surface area contributed by atoms with E-state index in [0.29, 0.717) is 30.1 Å². The number of aliphatic carboxylic acids is 1. The van der Waals surface area contributed by atoms with Gasteiger partial charge in [0.25, 0.3) is 5.91 Å². The Hall–Kier alpha value is -3.34. The highest BCUT2D eigenvalue weighted by atomic mass is 19.4. The van der Waals surface area contributed by atoms with Crippen molar-refractivity contribution in [1.29, 1.82) is 0 Å². The van der Waals surface area contributed by atoms with E-state index in [-0.39, 0.29) is 17.5 Å². The molecule has 11 heteroatoms. The first-order valence-corrected chi connectivity index (χ1v) is 10.5. The smallest absolute Gasteiger partial charge is 0.475 e. The van der Waals surface area contributed by atoms with Crippen LogP contribution in [0.5, 0.6) is 0 Å². The maximum Gasteiger partial charge on any atom is 0.490 e. The van der Waals surface area contributed by atoms with Gasteiger partial charge >= 0.3 is 12.1 Å². The van der Waals surface area contributed by atoms with Crippen LogP contribution >= 0.6 is 0 Å². The molecule has 2 aromatic rings. The fourth-order valence-corrected chi connectivity index (χ4v) is 3.30. The minimum Gasteiger partial charge on any atom is -0.475 e. The Morgan fingerprint density at radius 1 is 1.09 bits per heavy atom. The zero-order valence-corrected chi connectivity index (χ0v) is 18.4. The third kappa shape index (κ3) is 8.89. The van der Waals surface area contributed by atoms with Gasteiger partial charge in [-0.05, 0) is 74.7 Å². The van der Waals surface area contributed by atoms with Crippen LogP contribution in [-0.2, 0) is 4.79 Å².